The second-order valence-corrected chi connectivity index (χ2v) is 6.59. The van der Waals surface area contributed by atoms with E-state index >= 15 is 0 Å². The molecular formula is C13H17Cl2N5S. The molecule has 2 aromatic rings. The Labute approximate surface area is 138 Å². The molecule has 0 unspecified atom stereocenters. The Kier molecular flexibility index (Phi) is 6.29. The fraction of sp³-hybridized carbons (Fsp3) is 0.462. The van der Waals surface area contributed by atoms with Crippen LogP contribution in [0.3, 0.4) is 0 Å². The van der Waals surface area contributed by atoms with Crippen molar-refractivity contribution in [2.24, 2.45) is 0 Å². The largest absolute Gasteiger partial charge is 0.313 e. The highest BCUT2D eigenvalue weighted by molar-refractivity contribution is 7.98. The lowest BCUT2D eigenvalue weighted by Gasteiger charge is -2.08. The van der Waals surface area contributed by atoms with Gasteiger partial charge in [0.05, 0.1) is 16.6 Å². The molecule has 0 atom stereocenters. The summed E-state index contributed by atoms with van der Waals surface area (Å²) in [6.07, 6.45) is 0. The summed E-state index contributed by atoms with van der Waals surface area (Å²) in [6, 6.07) is 6.07. The zero-order valence-electron chi connectivity index (χ0n) is 11.9. The molecule has 1 aromatic heterocycles. The molecule has 0 amide bonds. The maximum absolute atomic E-state index is 6.01. The van der Waals surface area contributed by atoms with Crippen LogP contribution in [0.2, 0.25) is 10.0 Å². The number of thioether (sulfide) groups is 1. The quantitative estimate of drug-likeness (QED) is 0.780. The molecule has 0 aliphatic carbocycles. The summed E-state index contributed by atoms with van der Waals surface area (Å²) in [5.41, 5.74) is 1.09. The van der Waals surface area contributed by atoms with Crippen molar-refractivity contribution in [2.75, 3.05) is 6.54 Å². The van der Waals surface area contributed by atoms with Crippen LogP contribution in [0.1, 0.15) is 19.4 Å². The lowest BCUT2D eigenvalue weighted by molar-refractivity contribution is 0.485. The van der Waals surface area contributed by atoms with Crippen LogP contribution < -0.4 is 5.32 Å². The van der Waals surface area contributed by atoms with Crippen LogP contribution in [0.5, 0.6) is 0 Å². The van der Waals surface area contributed by atoms with Crippen molar-refractivity contribution in [2.45, 2.75) is 37.3 Å². The van der Waals surface area contributed by atoms with Crippen molar-refractivity contribution in [3.8, 4) is 0 Å². The number of nitrogens with zero attached hydrogens (tertiary/aromatic N) is 4. The first kappa shape index (κ1) is 16.5. The Balaban J connectivity index is 1.91. The number of benzene rings is 1. The van der Waals surface area contributed by atoms with Gasteiger partial charge in [0.25, 0.3) is 0 Å². The molecule has 8 heteroatoms. The Hall–Kier alpha value is -0.820. The van der Waals surface area contributed by atoms with Gasteiger partial charge in [0.15, 0.2) is 0 Å². The number of rotatable bonds is 7. The minimum absolute atomic E-state index is 0.453. The van der Waals surface area contributed by atoms with Gasteiger partial charge in [-0.3, -0.25) is 0 Å². The van der Waals surface area contributed by atoms with Gasteiger partial charge in [-0.15, -0.1) is 5.10 Å². The van der Waals surface area contributed by atoms with Gasteiger partial charge < -0.3 is 5.32 Å². The van der Waals surface area contributed by atoms with Crippen molar-refractivity contribution < 1.29 is 0 Å². The summed E-state index contributed by atoms with van der Waals surface area (Å²) < 4.78 is 1.80. The lowest BCUT2D eigenvalue weighted by atomic mass is 10.2. The molecule has 0 bridgehead atoms. The lowest BCUT2D eigenvalue weighted by Crippen LogP contribution is -2.27. The number of hydrogen-bond donors (Lipinski definition) is 1. The molecule has 0 aliphatic heterocycles. The Morgan fingerprint density at radius 1 is 1.29 bits per heavy atom. The van der Waals surface area contributed by atoms with E-state index in [4.69, 9.17) is 23.2 Å². The SMILES string of the molecule is CC(C)NCCn1nnnc1SCc1ccc(Cl)c(Cl)c1. The fourth-order valence-corrected chi connectivity index (χ4v) is 2.84. The summed E-state index contributed by atoms with van der Waals surface area (Å²) >= 11 is 13.5. The van der Waals surface area contributed by atoms with Crippen LogP contribution in [0, 0.1) is 0 Å². The normalized spacial score (nSPS) is 11.3. The second-order valence-electron chi connectivity index (χ2n) is 4.83. The van der Waals surface area contributed by atoms with Gasteiger partial charge in [0.2, 0.25) is 5.16 Å². The van der Waals surface area contributed by atoms with E-state index in [0.717, 1.165) is 29.6 Å². The highest BCUT2D eigenvalue weighted by Gasteiger charge is 2.08. The average molecular weight is 346 g/mol. The maximum Gasteiger partial charge on any atom is 0.209 e. The van der Waals surface area contributed by atoms with E-state index in [1.54, 1.807) is 22.5 Å². The third kappa shape index (κ3) is 5.14. The van der Waals surface area contributed by atoms with Gasteiger partial charge in [-0.05, 0) is 28.1 Å². The van der Waals surface area contributed by atoms with E-state index in [2.05, 4.69) is 34.7 Å². The fourth-order valence-electron chi connectivity index (χ4n) is 1.68. The summed E-state index contributed by atoms with van der Waals surface area (Å²) in [5.74, 6) is 0.745. The molecule has 1 aromatic carbocycles. The molecule has 0 saturated heterocycles. The average Bonchev–Trinajstić information content (AvgIpc) is 2.87. The number of nitrogens with one attached hydrogen (secondary N) is 1. The van der Waals surface area contributed by atoms with Crippen molar-refractivity contribution in [1.82, 2.24) is 25.5 Å². The van der Waals surface area contributed by atoms with Crippen LogP contribution in [-0.4, -0.2) is 32.8 Å². The molecule has 0 spiro atoms. The van der Waals surface area contributed by atoms with E-state index in [0.29, 0.717) is 16.1 Å². The van der Waals surface area contributed by atoms with Crippen LogP contribution >= 0.6 is 35.0 Å². The third-order valence-corrected chi connectivity index (χ3v) is 4.49. The van der Waals surface area contributed by atoms with Gasteiger partial charge >= 0.3 is 0 Å². The first-order valence-electron chi connectivity index (χ1n) is 6.62. The van der Waals surface area contributed by atoms with Gasteiger partial charge in [0, 0.05) is 18.3 Å². The van der Waals surface area contributed by atoms with E-state index in [1.165, 1.54) is 0 Å². The zero-order chi connectivity index (χ0) is 15.2. The Morgan fingerprint density at radius 2 is 2.10 bits per heavy atom. The number of halogens is 2. The zero-order valence-corrected chi connectivity index (χ0v) is 14.2. The molecule has 21 heavy (non-hydrogen) atoms. The first-order chi connectivity index (χ1) is 10.1. The molecule has 1 heterocycles. The molecule has 0 fully saturated rings. The smallest absolute Gasteiger partial charge is 0.209 e. The van der Waals surface area contributed by atoms with E-state index in [9.17, 15) is 0 Å². The maximum atomic E-state index is 6.01. The molecule has 1 N–H and O–H groups in total. The standard InChI is InChI=1S/C13H17Cl2N5S/c1-9(2)16-5-6-20-13(17-18-19-20)21-8-10-3-4-11(14)12(15)7-10/h3-4,7,9,16H,5-6,8H2,1-2H3. The van der Waals surface area contributed by atoms with Crippen molar-refractivity contribution >= 4 is 35.0 Å². The van der Waals surface area contributed by atoms with E-state index < -0.39 is 0 Å². The van der Waals surface area contributed by atoms with Crippen LogP contribution in [0.25, 0.3) is 0 Å². The summed E-state index contributed by atoms with van der Waals surface area (Å²) in [4.78, 5) is 0. The Bertz CT molecular complexity index is 588. The molecule has 114 valence electrons. The first-order valence-corrected chi connectivity index (χ1v) is 8.36. The monoisotopic (exact) mass is 345 g/mol. The van der Waals surface area contributed by atoms with Crippen LogP contribution in [-0.2, 0) is 12.3 Å². The third-order valence-electron chi connectivity index (χ3n) is 2.73. The number of tetrazole rings is 1. The molecular weight excluding hydrogens is 329 g/mol. The van der Waals surface area contributed by atoms with Crippen LogP contribution in [0.15, 0.2) is 23.4 Å². The highest BCUT2D eigenvalue weighted by Crippen LogP contribution is 2.26. The van der Waals surface area contributed by atoms with Gasteiger partial charge in [0.1, 0.15) is 0 Å². The van der Waals surface area contributed by atoms with E-state index in [1.807, 2.05) is 12.1 Å². The predicted molar refractivity (Wildman–Crippen MR) is 87.0 cm³/mol. The minimum Gasteiger partial charge on any atom is -0.313 e. The van der Waals surface area contributed by atoms with Gasteiger partial charge in [-0.2, -0.15) is 0 Å². The minimum atomic E-state index is 0.453. The summed E-state index contributed by atoms with van der Waals surface area (Å²) in [5, 5.41) is 17.1. The summed E-state index contributed by atoms with van der Waals surface area (Å²) in [6.45, 7) is 5.80. The van der Waals surface area contributed by atoms with Crippen LogP contribution in [0.4, 0.5) is 0 Å². The Morgan fingerprint density at radius 3 is 2.81 bits per heavy atom. The summed E-state index contributed by atoms with van der Waals surface area (Å²) in [7, 11) is 0. The molecule has 0 aliphatic rings. The van der Waals surface area contributed by atoms with Crippen molar-refractivity contribution in [1.29, 1.82) is 0 Å². The number of hydrogen-bond acceptors (Lipinski definition) is 5. The van der Waals surface area contributed by atoms with Gasteiger partial charge in [-0.25, -0.2) is 4.68 Å². The topological polar surface area (TPSA) is 55.6 Å². The second kappa shape index (κ2) is 7.98. The van der Waals surface area contributed by atoms with Crippen molar-refractivity contribution in [3.05, 3.63) is 33.8 Å². The van der Waals surface area contributed by atoms with E-state index in [-0.39, 0.29) is 0 Å². The molecule has 2 rings (SSSR count). The molecule has 0 radical (unpaired) electrons. The molecule has 5 nitrogen and oxygen atoms in total. The van der Waals surface area contributed by atoms with Gasteiger partial charge in [-0.1, -0.05) is 54.9 Å². The highest BCUT2D eigenvalue weighted by atomic mass is 35.5. The number of aromatic nitrogens is 4. The predicted octanol–water partition coefficient (Wildman–Crippen LogP) is 3.27. The molecule has 0 saturated carbocycles. The van der Waals surface area contributed by atoms with Crippen molar-refractivity contribution in [3.63, 3.8) is 0 Å².